The first kappa shape index (κ1) is 14.9. The van der Waals surface area contributed by atoms with Crippen LogP contribution >= 0.6 is 0 Å². The van der Waals surface area contributed by atoms with Gasteiger partial charge in [0.05, 0.1) is 17.0 Å². The van der Waals surface area contributed by atoms with E-state index in [1.807, 2.05) is 25.1 Å². The van der Waals surface area contributed by atoms with Gasteiger partial charge in [-0.05, 0) is 56.0 Å². The Bertz CT molecular complexity index is 836. The standard InChI is InChI=1S/C19H18N2O3/c1-12-3-4-16(20-11-12)13-7-14(9-15(8-13)18(22)23)17-10-19(24-21-17)5-2-6-19/h3-4,7-9,11H,2,5-6,10H2,1H3,(H,22,23). The van der Waals surface area contributed by atoms with E-state index in [0.29, 0.717) is 0 Å². The van der Waals surface area contributed by atoms with Gasteiger partial charge in [-0.2, -0.15) is 0 Å². The molecule has 1 N–H and O–H groups in total. The zero-order valence-corrected chi connectivity index (χ0v) is 13.5. The van der Waals surface area contributed by atoms with Crippen molar-refractivity contribution in [3.63, 3.8) is 0 Å². The second-order valence-electron chi connectivity index (χ2n) is 6.67. The maximum atomic E-state index is 11.5. The summed E-state index contributed by atoms with van der Waals surface area (Å²) in [7, 11) is 0. The lowest BCUT2D eigenvalue weighted by Crippen LogP contribution is -2.36. The summed E-state index contributed by atoms with van der Waals surface area (Å²) in [5, 5.41) is 13.7. The summed E-state index contributed by atoms with van der Waals surface area (Å²) in [6, 6.07) is 9.14. The van der Waals surface area contributed by atoms with Crippen LogP contribution in [0.15, 0.2) is 41.7 Å². The summed E-state index contributed by atoms with van der Waals surface area (Å²) in [6.45, 7) is 1.97. The lowest BCUT2D eigenvalue weighted by Gasteiger charge is -2.34. The fraction of sp³-hybridized carbons (Fsp3) is 0.316. The Balaban J connectivity index is 1.74. The quantitative estimate of drug-likeness (QED) is 0.933. The molecule has 1 aliphatic carbocycles. The first-order valence-corrected chi connectivity index (χ1v) is 8.12. The fourth-order valence-electron chi connectivity index (χ4n) is 3.22. The Kier molecular flexibility index (Phi) is 3.37. The van der Waals surface area contributed by atoms with E-state index in [9.17, 15) is 9.90 Å². The molecule has 5 heteroatoms. The predicted octanol–water partition coefficient (Wildman–Crippen LogP) is 3.80. The molecule has 24 heavy (non-hydrogen) atoms. The first-order valence-electron chi connectivity index (χ1n) is 8.12. The van der Waals surface area contributed by atoms with Gasteiger partial charge in [0.2, 0.25) is 0 Å². The summed E-state index contributed by atoms with van der Waals surface area (Å²) < 4.78 is 0. The maximum absolute atomic E-state index is 11.5. The number of carbonyl (C=O) groups is 1. The second-order valence-corrected chi connectivity index (χ2v) is 6.67. The third-order valence-electron chi connectivity index (χ3n) is 4.82. The summed E-state index contributed by atoms with van der Waals surface area (Å²) >= 11 is 0. The molecule has 0 amide bonds. The van der Waals surface area contributed by atoms with Gasteiger partial charge in [0.25, 0.3) is 0 Å². The Labute approximate surface area is 140 Å². The highest BCUT2D eigenvalue weighted by molar-refractivity contribution is 6.04. The van der Waals surface area contributed by atoms with E-state index in [1.54, 1.807) is 18.3 Å². The number of hydrogen-bond acceptors (Lipinski definition) is 4. The van der Waals surface area contributed by atoms with E-state index in [-0.39, 0.29) is 11.2 Å². The summed E-state index contributed by atoms with van der Waals surface area (Å²) in [5.74, 6) is -0.955. The molecule has 4 rings (SSSR count). The van der Waals surface area contributed by atoms with Gasteiger partial charge in [0.1, 0.15) is 5.60 Å². The van der Waals surface area contributed by atoms with Crippen molar-refractivity contribution < 1.29 is 14.7 Å². The monoisotopic (exact) mass is 322 g/mol. The molecule has 5 nitrogen and oxygen atoms in total. The van der Waals surface area contributed by atoms with Crippen LogP contribution in [-0.4, -0.2) is 27.4 Å². The van der Waals surface area contributed by atoms with E-state index < -0.39 is 5.97 Å². The number of carboxylic acids is 1. The third kappa shape index (κ3) is 2.56. The van der Waals surface area contributed by atoms with Crippen LogP contribution in [-0.2, 0) is 4.84 Å². The minimum Gasteiger partial charge on any atom is -0.478 e. The van der Waals surface area contributed by atoms with Crippen LogP contribution in [0.1, 0.15) is 47.2 Å². The van der Waals surface area contributed by atoms with Crippen LogP contribution in [0, 0.1) is 6.92 Å². The van der Waals surface area contributed by atoms with Crippen molar-refractivity contribution in [1.29, 1.82) is 0 Å². The molecule has 2 aromatic rings. The number of pyridine rings is 1. The Hall–Kier alpha value is -2.69. The van der Waals surface area contributed by atoms with Crippen LogP contribution in [0.4, 0.5) is 0 Å². The summed E-state index contributed by atoms with van der Waals surface area (Å²) in [4.78, 5) is 21.5. The Morgan fingerprint density at radius 2 is 2.00 bits per heavy atom. The average Bonchev–Trinajstić information content (AvgIpc) is 3.01. The highest BCUT2D eigenvalue weighted by atomic mass is 16.7. The number of rotatable bonds is 3. The van der Waals surface area contributed by atoms with Crippen LogP contribution in [0.3, 0.4) is 0 Å². The number of aromatic carboxylic acids is 1. The van der Waals surface area contributed by atoms with Crippen LogP contribution < -0.4 is 0 Å². The molecule has 1 saturated carbocycles. The molecule has 2 aliphatic rings. The smallest absolute Gasteiger partial charge is 0.335 e. The van der Waals surface area contributed by atoms with Crippen molar-refractivity contribution in [3.05, 3.63) is 53.2 Å². The van der Waals surface area contributed by atoms with Crippen LogP contribution in [0.25, 0.3) is 11.3 Å². The SMILES string of the molecule is Cc1ccc(-c2cc(C(=O)O)cc(C3=NOC4(CCC4)C3)c2)nc1. The topological polar surface area (TPSA) is 71.8 Å². The number of carboxylic acid groups (broad SMARTS) is 1. The number of hydrogen-bond donors (Lipinski definition) is 1. The predicted molar refractivity (Wildman–Crippen MR) is 90.2 cm³/mol. The third-order valence-corrected chi connectivity index (χ3v) is 4.82. The van der Waals surface area contributed by atoms with E-state index in [2.05, 4.69) is 10.1 Å². The number of benzene rings is 1. The lowest BCUT2D eigenvalue weighted by atomic mass is 9.76. The molecule has 0 radical (unpaired) electrons. The maximum Gasteiger partial charge on any atom is 0.335 e. The number of aromatic nitrogens is 1. The molecule has 2 heterocycles. The van der Waals surface area contributed by atoms with Gasteiger partial charge in [-0.1, -0.05) is 11.2 Å². The molecular weight excluding hydrogens is 304 g/mol. The number of oxime groups is 1. The molecule has 1 spiro atoms. The molecule has 0 unspecified atom stereocenters. The van der Waals surface area contributed by atoms with Crippen molar-refractivity contribution in [2.75, 3.05) is 0 Å². The largest absolute Gasteiger partial charge is 0.478 e. The minimum absolute atomic E-state index is 0.142. The van der Waals surface area contributed by atoms with Gasteiger partial charge in [-0.15, -0.1) is 0 Å². The zero-order chi connectivity index (χ0) is 16.7. The molecule has 122 valence electrons. The zero-order valence-electron chi connectivity index (χ0n) is 13.5. The summed E-state index contributed by atoms with van der Waals surface area (Å²) in [5.41, 5.74) is 4.32. The lowest BCUT2D eigenvalue weighted by molar-refractivity contribution is -0.0755. The molecule has 1 aromatic heterocycles. The first-order chi connectivity index (χ1) is 11.5. The van der Waals surface area contributed by atoms with Gasteiger partial charge in [-0.3, -0.25) is 4.98 Å². The van der Waals surface area contributed by atoms with E-state index in [1.165, 1.54) is 0 Å². The van der Waals surface area contributed by atoms with E-state index in [4.69, 9.17) is 4.84 Å². The van der Waals surface area contributed by atoms with Crippen LogP contribution in [0.2, 0.25) is 0 Å². The highest BCUT2D eigenvalue weighted by Crippen LogP contribution is 2.43. The fourth-order valence-corrected chi connectivity index (χ4v) is 3.22. The van der Waals surface area contributed by atoms with E-state index in [0.717, 1.165) is 53.8 Å². The van der Waals surface area contributed by atoms with Crippen molar-refractivity contribution >= 4 is 11.7 Å². The number of nitrogens with zero attached hydrogens (tertiary/aromatic N) is 2. The van der Waals surface area contributed by atoms with Crippen molar-refractivity contribution in [2.45, 2.75) is 38.2 Å². The van der Waals surface area contributed by atoms with Gasteiger partial charge < -0.3 is 9.94 Å². The van der Waals surface area contributed by atoms with E-state index >= 15 is 0 Å². The summed E-state index contributed by atoms with van der Waals surface area (Å²) in [6.07, 6.45) is 5.73. The Morgan fingerprint density at radius 3 is 2.58 bits per heavy atom. The normalized spacial score (nSPS) is 18.0. The number of aryl methyl sites for hydroxylation is 1. The van der Waals surface area contributed by atoms with Crippen molar-refractivity contribution in [2.24, 2.45) is 5.16 Å². The molecular formula is C19H18N2O3. The van der Waals surface area contributed by atoms with Crippen molar-refractivity contribution in [1.82, 2.24) is 4.98 Å². The highest BCUT2D eigenvalue weighted by Gasteiger charge is 2.44. The van der Waals surface area contributed by atoms with Gasteiger partial charge in [0, 0.05) is 23.7 Å². The van der Waals surface area contributed by atoms with Crippen LogP contribution in [0.5, 0.6) is 0 Å². The van der Waals surface area contributed by atoms with Gasteiger partial charge >= 0.3 is 5.97 Å². The Morgan fingerprint density at radius 1 is 1.21 bits per heavy atom. The molecule has 1 fully saturated rings. The minimum atomic E-state index is -0.955. The van der Waals surface area contributed by atoms with Crippen molar-refractivity contribution in [3.8, 4) is 11.3 Å². The van der Waals surface area contributed by atoms with Gasteiger partial charge in [-0.25, -0.2) is 4.79 Å². The molecule has 0 saturated heterocycles. The van der Waals surface area contributed by atoms with Gasteiger partial charge in [0.15, 0.2) is 0 Å². The molecule has 1 aliphatic heterocycles. The average molecular weight is 322 g/mol. The molecule has 1 aromatic carbocycles. The molecule has 0 bridgehead atoms. The molecule has 0 atom stereocenters. The second kappa shape index (κ2) is 5.44.